The Labute approximate surface area is 147 Å². The number of H-pyrrole nitrogens is 1. The minimum atomic E-state index is -0.349. The molecule has 0 atom stereocenters. The zero-order chi connectivity index (χ0) is 17.6. The zero-order valence-electron chi connectivity index (χ0n) is 14.4. The van der Waals surface area contributed by atoms with Crippen LogP contribution in [0.1, 0.15) is 46.3 Å². The molecule has 1 aromatic carbocycles. The van der Waals surface area contributed by atoms with Gasteiger partial charge in [0.15, 0.2) is 0 Å². The smallest absolute Gasteiger partial charge is 0.354 e. The Balaban J connectivity index is 1.55. The van der Waals surface area contributed by atoms with Crippen molar-refractivity contribution >= 4 is 17.6 Å². The molecule has 2 heterocycles. The number of nitrogens with one attached hydrogen (secondary N) is 2. The number of nitrogens with zero attached hydrogens (tertiary/aromatic N) is 1. The molecule has 1 fully saturated rings. The molecule has 0 saturated carbocycles. The Hall–Kier alpha value is -2.76. The normalized spacial score (nSPS) is 13.7. The molecule has 2 aromatic rings. The van der Waals surface area contributed by atoms with E-state index in [2.05, 4.69) is 10.3 Å². The van der Waals surface area contributed by atoms with Crippen LogP contribution in [0, 0.1) is 0 Å². The number of carbonyl (C=O) groups is 2. The molecular formula is C19H23N3O3. The van der Waals surface area contributed by atoms with E-state index in [0.29, 0.717) is 18.8 Å². The molecule has 1 aliphatic rings. The van der Waals surface area contributed by atoms with Crippen molar-refractivity contribution in [1.82, 2.24) is 9.88 Å². The van der Waals surface area contributed by atoms with Crippen LogP contribution in [0.4, 0.5) is 5.69 Å². The number of anilines is 1. The highest BCUT2D eigenvalue weighted by molar-refractivity contribution is 5.94. The van der Waals surface area contributed by atoms with E-state index in [4.69, 9.17) is 4.74 Å². The lowest BCUT2D eigenvalue weighted by Crippen LogP contribution is -2.27. The molecule has 1 amide bonds. The maximum absolute atomic E-state index is 12.3. The molecule has 0 radical (unpaired) electrons. The monoisotopic (exact) mass is 341 g/mol. The summed E-state index contributed by atoms with van der Waals surface area (Å²) in [5.74, 6) is -0.244. The Kier molecular flexibility index (Phi) is 5.38. The Morgan fingerprint density at radius 2 is 1.84 bits per heavy atom. The number of hydrogen-bond acceptors (Lipinski definition) is 4. The zero-order valence-corrected chi connectivity index (χ0v) is 14.4. The largest absolute Gasteiger partial charge is 0.461 e. The second-order valence-electron chi connectivity index (χ2n) is 6.05. The van der Waals surface area contributed by atoms with Crippen molar-refractivity contribution in [2.24, 2.45) is 0 Å². The molecule has 0 aliphatic carbocycles. The Morgan fingerprint density at radius 1 is 1.12 bits per heavy atom. The van der Waals surface area contributed by atoms with Crippen LogP contribution in [0.25, 0.3) is 0 Å². The molecule has 1 aliphatic heterocycles. The first-order chi connectivity index (χ1) is 12.2. The summed E-state index contributed by atoms with van der Waals surface area (Å²) in [6, 6.07) is 11.1. The first kappa shape index (κ1) is 17.1. The van der Waals surface area contributed by atoms with Crippen LogP contribution in [-0.2, 0) is 11.3 Å². The highest BCUT2D eigenvalue weighted by atomic mass is 16.5. The number of aromatic amines is 1. The van der Waals surface area contributed by atoms with Gasteiger partial charge in [-0.2, -0.15) is 0 Å². The van der Waals surface area contributed by atoms with E-state index in [1.165, 1.54) is 0 Å². The number of benzene rings is 1. The maximum atomic E-state index is 12.3. The van der Waals surface area contributed by atoms with Crippen LogP contribution in [0.15, 0.2) is 36.4 Å². The summed E-state index contributed by atoms with van der Waals surface area (Å²) >= 11 is 0. The number of amides is 1. The van der Waals surface area contributed by atoms with Crippen molar-refractivity contribution in [3.8, 4) is 0 Å². The van der Waals surface area contributed by atoms with Gasteiger partial charge in [-0.15, -0.1) is 0 Å². The Morgan fingerprint density at radius 3 is 2.52 bits per heavy atom. The maximum Gasteiger partial charge on any atom is 0.354 e. The highest BCUT2D eigenvalue weighted by Crippen LogP contribution is 2.16. The summed E-state index contributed by atoms with van der Waals surface area (Å²) in [7, 11) is 0. The van der Waals surface area contributed by atoms with E-state index in [9.17, 15) is 9.59 Å². The molecule has 25 heavy (non-hydrogen) atoms. The molecule has 1 saturated heterocycles. The van der Waals surface area contributed by atoms with Crippen LogP contribution in [0.5, 0.6) is 0 Å². The minimum absolute atomic E-state index is 0.104. The number of rotatable bonds is 6. The van der Waals surface area contributed by atoms with E-state index in [1.54, 1.807) is 13.0 Å². The van der Waals surface area contributed by atoms with Crippen molar-refractivity contribution in [1.29, 1.82) is 0 Å². The van der Waals surface area contributed by atoms with Gasteiger partial charge >= 0.3 is 5.97 Å². The van der Waals surface area contributed by atoms with Crippen LogP contribution in [0.3, 0.4) is 0 Å². The van der Waals surface area contributed by atoms with E-state index in [-0.39, 0.29) is 11.9 Å². The second kappa shape index (κ2) is 7.88. The topological polar surface area (TPSA) is 74.4 Å². The van der Waals surface area contributed by atoms with E-state index < -0.39 is 0 Å². The molecular weight excluding hydrogens is 318 g/mol. The third-order valence-electron chi connectivity index (χ3n) is 4.25. The summed E-state index contributed by atoms with van der Waals surface area (Å²) < 4.78 is 4.96. The summed E-state index contributed by atoms with van der Waals surface area (Å²) in [6.45, 7) is 4.40. The lowest BCUT2D eigenvalue weighted by atomic mass is 10.2. The van der Waals surface area contributed by atoms with E-state index in [0.717, 1.165) is 42.9 Å². The molecule has 2 N–H and O–H groups in total. The molecule has 0 unspecified atom stereocenters. The van der Waals surface area contributed by atoms with Crippen molar-refractivity contribution in [2.45, 2.75) is 26.3 Å². The van der Waals surface area contributed by atoms with Crippen LogP contribution in [-0.4, -0.2) is 41.5 Å². The molecule has 1 aromatic heterocycles. The fourth-order valence-electron chi connectivity index (χ4n) is 2.90. The van der Waals surface area contributed by atoms with Gasteiger partial charge in [0, 0.05) is 30.0 Å². The van der Waals surface area contributed by atoms with E-state index in [1.807, 2.05) is 35.2 Å². The van der Waals surface area contributed by atoms with Gasteiger partial charge in [-0.05, 0) is 56.2 Å². The van der Waals surface area contributed by atoms with Crippen molar-refractivity contribution < 1.29 is 14.3 Å². The molecule has 6 heteroatoms. The van der Waals surface area contributed by atoms with Crippen LogP contribution < -0.4 is 5.32 Å². The second-order valence-corrected chi connectivity index (χ2v) is 6.05. The van der Waals surface area contributed by atoms with Gasteiger partial charge in [-0.3, -0.25) is 4.79 Å². The number of esters is 1. The summed E-state index contributed by atoms with van der Waals surface area (Å²) in [6.07, 6.45) is 2.19. The molecule has 0 spiro atoms. The quantitative estimate of drug-likeness (QED) is 0.792. The minimum Gasteiger partial charge on any atom is -0.461 e. The van der Waals surface area contributed by atoms with Gasteiger partial charge in [-0.25, -0.2) is 4.79 Å². The van der Waals surface area contributed by atoms with Crippen molar-refractivity contribution in [3.05, 3.63) is 53.3 Å². The average Bonchev–Trinajstić information content (AvgIpc) is 3.32. The fraction of sp³-hybridized carbons (Fsp3) is 0.368. The Bertz CT molecular complexity index is 731. The van der Waals surface area contributed by atoms with Gasteiger partial charge in [-0.1, -0.05) is 0 Å². The highest BCUT2D eigenvalue weighted by Gasteiger charge is 2.19. The number of carbonyl (C=O) groups excluding carboxylic acids is 2. The summed E-state index contributed by atoms with van der Waals surface area (Å²) in [4.78, 5) is 28.9. The van der Waals surface area contributed by atoms with Gasteiger partial charge in [0.2, 0.25) is 0 Å². The number of likely N-dealkylation sites (tertiary alicyclic amines) is 1. The van der Waals surface area contributed by atoms with Gasteiger partial charge in [0.1, 0.15) is 5.69 Å². The van der Waals surface area contributed by atoms with Crippen molar-refractivity contribution in [2.75, 3.05) is 25.0 Å². The first-order valence-corrected chi connectivity index (χ1v) is 8.65. The van der Waals surface area contributed by atoms with Gasteiger partial charge in [0.05, 0.1) is 13.2 Å². The summed E-state index contributed by atoms with van der Waals surface area (Å²) in [5, 5.41) is 3.27. The number of ether oxygens (including phenoxy) is 1. The molecule has 132 valence electrons. The van der Waals surface area contributed by atoms with Crippen LogP contribution in [0.2, 0.25) is 0 Å². The lowest BCUT2D eigenvalue weighted by molar-refractivity contribution is 0.0520. The third-order valence-corrected chi connectivity index (χ3v) is 4.25. The average molecular weight is 341 g/mol. The molecule has 3 rings (SSSR count). The number of hydrogen-bond donors (Lipinski definition) is 2. The number of aromatic nitrogens is 1. The SMILES string of the molecule is CCOC(=O)c1ccc(CNc2ccc(C(=O)N3CCCC3)cc2)[nH]1. The van der Waals surface area contributed by atoms with Gasteiger partial charge < -0.3 is 19.9 Å². The predicted molar refractivity (Wildman–Crippen MR) is 95.7 cm³/mol. The standard InChI is InChI=1S/C19H23N3O3/c1-2-25-19(24)17-10-9-16(21-17)13-20-15-7-5-14(6-8-15)18(23)22-11-3-4-12-22/h5-10,20-21H,2-4,11-13H2,1H3. The predicted octanol–water partition coefficient (Wildman–Crippen LogP) is 3.04. The lowest BCUT2D eigenvalue weighted by Gasteiger charge is -2.15. The molecule has 0 bridgehead atoms. The molecule has 6 nitrogen and oxygen atoms in total. The van der Waals surface area contributed by atoms with E-state index >= 15 is 0 Å². The summed E-state index contributed by atoms with van der Waals surface area (Å²) in [5.41, 5.74) is 2.98. The fourth-order valence-corrected chi connectivity index (χ4v) is 2.90. The third kappa shape index (κ3) is 4.21. The van der Waals surface area contributed by atoms with Crippen molar-refractivity contribution in [3.63, 3.8) is 0 Å². The van der Waals surface area contributed by atoms with Crippen LogP contribution >= 0.6 is 0 Å². The first-order valence-electron chi connectivity index (χ1n) is 8.65. The van der Waals surface area contributed by atoms with Gasteiger partial charge in [0.25, 0.3) is 5.91 Å².